The second kappa shape index (κ2) is 4.57. The van der Waals surface area contributed by atoms with E-state index in [1.807, 2.05) is 17.9 Å². The molecule has 3 rings (SSSR count). The lowest BCUT2D eigenvalue weighted by Crippen LogP contribution is -2.20. The zero-order chi connectivity index (χ0) is 12.5. The van der Waals surface area contributed by atoms with Gasteiger partial charge in [-0.2, -0.15) is 10.2 Å². The number of aryl methyl sites for hydroxylation is 2. The van der Waals surface area contributed by atoms with Gasteiger partial charge in [0.15, 0.2) is 0 Å². The van der Waals surface area contributed by atoms with E-state index in [0.717, 1.165) is 25.3 Å². The molecular formula is C13H19N5. The van der Waals surface area contributed by atoms with Gasteiger partial charge in [0.1, 0.15) is 0 Å². The largest absolute Gasteiger partial charge is 0.298 e. The summed E-state index contributed by atoms with van der Waals surface area (Å²) < 4.78 is 1.90. The molecule has 0 aromatic carbocycles. The summed E-state index contributed by atoms with van der Waals surface area (Å²) in [5, 5.41) is 11.5. The molecule has 0 saturated carbocycles. The third-order valence-electron chi connectivity index (χ3n) is 3.74. The summed E-state index contributed by atoms with van der Waals surface area (Å²) in [6.07, 6.45) is 5.17. The van der Waals surface area contributed by atoms with Gasteiger partial charge in [0.05, 0.1) is 5.69 Å². The SMILES string of the molecule is Cc1nn(C)cc1CN1CCC(c2ccn[nH]2)C1. The van der Waals surface area contributed by atoms with E-state index in [1.165, 1.54) is 17.7 Å². The number of aromatic amines is 1. The second-order valence-electron chi connectivity index (χ2n) is 5.15. The van der Waals surface area contributed by atoms with Crippen molar-refractivity contribution in [2.75, 3.05) is 13.1 Å². The highest BCUT2D eigenvalue weighted by Gasteiger charge is 2.25. The van der Waals surface area contributed by atoms with E-state index in [-0.39, 0.29) is 0 Å². The molecule has 96 valence electrons. The Hall–Kier alpha value is -1.62. The third-order valence-corrected chi connectivity index (χ3v) is 3.74. The summed E-state index contributed by atoms with van der Waals surface area (Å²) in [4.78, 5) is 2.50. The molecule has 0 radical (unpaired) electrons. The van der Waals surface area contributed by atoms with Crippen LogP contribution in [0.4, 0.5) is 0 Å². The van der Waals surface area contributed by atoms with Crippen molar-refractivity contribution in [3.63, 3.8) is 0 Å². The van der Waals surface area contributed by atoms with Crippen LogP contribution in [0, 0.1) is 6.92 Å². The van der Waals surface area contributed by atoms with Gasteiger partial charge in [0, 0.05) is 49.7 Å². The van der Waals surface area contributed by atoms with Crippen LogP contribution in [0.25, 0.3) is 0 Å². The van der Waals surface area contributed by atoms with Crippen LogP contribution in [-0.4, -0.2) is 38.0 Å². The lowest BCUT2D eigenvalue weighted by Gasteiger charge is -2.14. The first-order valence-electron chi connectivity index (χ1n) is 6.43. The Bertz CT molecular complexity index is 513. The van der Waals surface area contributed by atoms with Crippen molar-refractivity contribution in [3.8, 4) is 0 Å². The topological polar surface area (TPSA) is 49.7 Å². The number of hydrogen-bond acceptors (Lipinski definition) is 3. The molecule has 1 atom stereocenters. The van der Waals surface area contributed by atoms with Crippen molar-refractivity contribution in [1.29, 1.82) is 0 Å². The fourth-order valence-electron chi connectivity index (χ4n) is 2.77. The van der Waals surface area contributed by atoms with E-state index < -0.39 is 0 Å². The number of hydrogen-bond donors (Lipinski definition) is 1. The van der Waals surface area contributed by atoms with Crippen LogP contribution >= 0.6 is 0 Å². The lowest BCUT2D eigenvalue weighted by molar-refractivity contribution is 0.325. The Morgan fingerprint density at radius 1 is 1.50 bits per heavy atom. The van der Waals surface area contributed by atoms with Crippen molar-refractivity contribution in [2.45, 2.75) is 25.8 Å². The molecule has 1 aliphatic heterocycles. The number of aromatic nitrogens is 4. The Morgan fingerprint density at radius 3 is 3.06 bits per heavy atom. The molecular weight excluding hydrogens is 226 g/mol. The van der Waals surface area contributed by atoms with Gasteiger partial charge in [-0.15, -0.1) is 0 Å². The van der Waals surface area contributed by atoms with Crippen LogP contribution in [0.15, 0.2) is 18.5 Å². The van der Waals surface area contributed by atoms with Gasteiger partial charge in [-0.1, -0.05) is 0 Å². The first kappa shape index (κ1) is 11.5. The fraction of sp³-hybridized carbons (Fsp3) is 0.538. The minimum Gasteiger partial charge on any atom is -0.298 e. The highest BCUT2D eigenvalue weighted by atomic mass is 15.3. The standard InChI is InChI=1S/C13H19N5/c1-10-12(7-17(2)16-10)9-18-6-4-11(8-18)13-3-5-14-15-13/h3,5,7,11H,4,6,8-9H2,1-2H3,(H,14,15). The van der Waals surface area contributed by atoms with E-state index in [2.05, 4.69) is 39.4 Å². The average molecular weight is 245 g/mol. The first-order chi connectivity index (χ1) is 8.72. The second-order valence-corrected chi connectivity index (χ2v) is 5.15. The lowest BCUT2D eigenvalue weighted by atomic mass is 10.1. The van der Waals surface area contributed by atoms with Crippen LogP contribution in [-0.2, 0) is 13.6 Å². The van der Waals surface area contributed by atoms with E-state index >= 15 is 0 Å². The van der Waals surface area contributed by atoms with Crippen LogP contribution < -0.4 is 0 Å². The van der Waals surface area contributed by atoms with Crippen molar-refractivity contribution < 1.29 is 0 Å². The molecule has 1 N–H and O–H groups in total. The molecule has 1 aliphatic rings. The number of rotatable bonds is 3. The van der Waals surface area contributed by atoms with Crippen molar-refractivity contribution >= 4 is 0 Å². The zero-order valence-electron chi connectivity index (χ0n) is 10.9. The Morgan fingerprint density at radius 2 is 2.39 bits per heavy atom. The monoisotopic (exact) mass is 245 g/mol. The first-order valence-corrected chi connectivity index (χ1v) is 6.43. The maximum atomic E-state index is 4.40. The molecule has 0 aliphatic carbocycles. The predicted octanol–water partition coefficient (Wildman–Crippen LogP) is 1.44. The number of nitrogens with one attached hydrogen (secondary N) is 1. The van der Waals surface area contributed by atoms with Crippen LogP contribution in [0.3, 0.4) is 0 Å². The van der Waals surface area contributed by atoms with E-state index in [9.17, 15) is 0 Å². The minimum absolute atomic E-state index is 0.601. The highest BCUT2D eigenvalue weighted by Crippen LogP contribution is 2.26. The summed E-state index contributed by atoms with van der Waals surface area (Å²) in [6, 6.07) is 2.09. The summed E-state index contributed by atoms with van der Waals surface area (Å²) >= 11 is 0. The summed E-state index contributed by atoms with van der Waals surface area (Å²) in [6.45, 7) is 5.34. The molecule has 5 heteroatoms. The zero-order valence-corrected chi connectivity index (χ0v) is 10.9. The number of H-pyrrole nitrogens is 1. The molecule has 3 heterocycles. The van der Waals surface area contributed by atoms with Gasteiger partial charge in [-0.25, -0.2) is 0 Å². The summed E-state index contributed by atoms with van der Waals surface area (Å²) in [7, 11) is 1.98. The van der Waals surface area contributed by atoms with Crippen LogP contribution in [0.2, 0.25) is 0 Å². The van der Waals surface area contributed by atoms with E-state index in [1.54, 1.807) is 0 Å². The molecule has 0 spiro atoms. The van der Waals surface area contributed by atoms with E-state index in [4.69, 9.17) is 0 Å². The van der Waals surface area contributed by atoms with Gasteiger partial charge in [-0.3, -0.25) is 14.7 Å². The Balaban J connectivity index is 1.64. The van der Waals surface area contributed by atoms with Crippen LogP contribution in [0.5, 0.6) is 0 Å². The predicted molar refractivity (Wildman–Crippen MR) is 69.2 cm³/mol. The van der Waals surface area contributed by atoms with Gasteiger partial charge in [0.25, 0.3) is 0 Å². The molecule has 0 amide bonds. The molecule has 2 aromatic rings. The van der Waals surface area contributed by atoms with Crippen molar-refractivity contribution in [1.82, 2.24) is 24.9 Å². The molecule has 0 bridgehead atoms. The van der Waals surface area contributed by atoms with Gasteiger partial charge < -0.3 is 0 Å². The highest BCUT2D eigenvalue weighted by molar-refractivity contribution is 5.16. The summed E-state index contributed by atoms with van der Waals surface area (Å²) in [5.41, 5.74) is 3.74. The molecule has 1 fully saturated rings. The van der Waals surface area contributed by atoms with E-state index in [0.29, 0.717) is 5.92 Å². The minimum atomic E-state index is 0.601. The van der Waals surface area contributed by atoms with Crippen LogP contribution in [0.1, 0.15) is 29.3 Å². The molecule has 2 aromatic heterocycles. The smallest absolute Gasteiger partial charge is 0.0638 e. The number of nitrogens with zero attached hydrogens (tertiary/aromatic N) is 4. The van der Waals surface area contributed by atoms with Gasteiger partial charge in [0.2, 0.25) is 0 Å². The quantitative estimate of drug-likeness (QED) is 0.890. The maximum Gasteiger partial charge on any atom is 0.0638 e. The van der Waals surface area contributed by atoms with Gasteiger partial charge in [-0.05, 0) is 26.0 Å². The van der Waals surface area contributed by atoms with Gasteiger partial charge >= 0.3 is 0 Å². The molecule has 1 saturated heterocycles. The molecule has 1 unspecified atom stereocenters. The average Bonchev–Trinajstić information content (AvgIpc) is 3.02. The summed E-state index contributed by atoms with van der Waals surface area (Å²) in [5.74, 6) is 0.601. The van der Waals surface area contributed by atoms with Crippen molar-refractivity contribution in [2.24, 2.45) is 7.05 Å². The maximum absolute atomic E-state index is 4.40. The third kappa shape index (κ3) is 2.18. The van der Waals surface area contributed by atoms with Crippen molar-refractivity contribution in [3.05, 3.63) is 35.4 Å². The molecule has 18 heavy (non-hydrogen) atoms. The normalized spacial score (nSPS) is 20.7. The Kier molecular flexibility index (Phi) is 2.91. The fourth-order valence-corrected chi connectivity index (χ4v) is 2.77. The number of likely N-dealkylation sites (tertiary alicyclic amines) is 1. The molecule has 5 nitrogen and oxygen atoms in total. The Labute approximate surface area is 107 Å².